The lowest BCUT2D eigenvalue weighted by Crippen LogP contribution is -2.26. The first-order chi connectivity index (χ1) is 15.6. The molecule has 2 amide bonds. The molecule has 2 N–H and O–H groups in total. The van der Waals surface area contributed by atoms with Crippen molar-refractivity contribution in [2.24, 2.45) is 0 Å². The molecule has 162 valence electrons. The van der Waals surface area contributed by atoms with Crippen molar-refractivity contribution in [3.05, 3.63) is 83.7 Å². The first-order valence-electron chi connectivity index (χ1n) is 10.1. The van der Waals surface area contributed by atoms with Gasteiger partial charge in [0.1, 0.15) is 5.03 Å². The van der Waals surface area contributed by atoms with Crippen LogP contribution < -0.4 is 10.6 Å². The summed E-state index contributed by atoms with van der Waals surface area (Å²) in [7, 11) is 0. The van der Waals surface area contributed by atoms with Gasteiger partial charge in [-0.2, -0.15) is 9.61 Å². The predicted octanol–water partition coefficient (Wildman–Crippen LogP) is 3.14. The lowest BCUT2D eigenvalue weighted by Gasteiger charge is -2.06. The number of hydrogen-bond donors (Lipinski definition) is 2. The molecule has 0 unspecified atom stereocenters. The lowest BCUT2D eigenvalue weighted by molar-refractivity contribution is -0.113. The molecule has 9 heteroatoms. The number of nitrogens with zero attached hydrogens (tertiary/aromatic N) is 4. The van der Waals surface area contributed by atoms with Gasteiger partial charge in [0.25, 0.3) is 5.91 Å². The molecular formula is C23H22N6O2S. The minimum atomic E-state index is -0.136. The van der Waals surface area contributed by atoms with E-state index in [-0.39, 0.29) is 17.6 Å². The molecule has 2 aromatic heterocycles. The van der Waals surface area contributed by atoms with E-state index in [2.05, 4.69) is 25.9 Å². The molecule has 0 spiro atoms. The van der Waals surface area contributed by atoms with Crippen molar-refractivity contribution < 1.29 is 9.59 Å². The third-order valence-corrected chi connectivity index (χ3v) is 5.58. The van der Waals surface area contributed by atoms with Gasteiger partial charge in [-0.15, -0.1) is 10.2 Å². The fourth-order valence-electron chi connectivity index (χ4n) is 3.00. The Balaban J connectivity index is 1.33. The zero-order valence-corrected chi connectivity index (χ0v) is 18.3. The molecule has 4 aromatic rings. The van der Waals surface area contributed by atoms with Gasteiger partial charge in [-0.05, 0) is 43.3 Å². The van der Waals surface area contributed by atoms with Crippen molar-refractivity contribution in [2.45, 2.75) is 18.4 Å². The summed E-state index contributed by atoms with van der Waals surface area (Å²) in [4.78, 5) is 24.4. The van der Waals surface area contributed by atoms with Crippen LogP contribution in [0.15, 0.2) is 71.8 Å². The van der Waals surface area contributed by atoms with Crippen molar-refractivity contribution in [3.8, 4) is 0 Å². The zero-order valence-electron chi connectivity index (χ0n) is 17.5. The van der Waals surface area contributed by atoms with Crippen LogP contribution in [-0.4, -0.2) is 43.9 Å². The topological polar surface area (TPSA) is 101 Å². The van der Waals surface area contributed by atoms with Gasteiger partial charge in [0.2, 0.25) is 5.91 Å². The molecule has 0 bridgehead atoms. The number of amides is 2. The maximum absolute atomic E-state index is 12.2. The van der Waals surface area contributed by atoms with E-state index in [1.807, 2.05) is 61.5 Å². The van der Waals surface area contributed by atoms with Gasteiger partial charge < -0.3 is 10.6 Å². The number of benzene rings is 2. The van der Waals surface area contributed by atoms with Crippen LogP contribution in [0.2, 0.25) is 0 Å². The third kappa shape index (κ3) is 5.50. The number of aromatic nitrogens is 4. The number of anilines is 1. The standard InChI is InChI=1S/C23H22N6O2S/c1-16-7-9-18(10-8-16)25-21(30)15-32-22-12-11-19-26-27-20(29(19)28-22)13-14-24-23(31)17-5-3-2-4-6-17/h2-12H,13-15H2,1H3,(H,24,31)(H,25,30). The van der Waals surface area contributed by atoms with Gasteiger partial charge in [-0.3, -0.25) is 9.59 Å². The van der Waals surface area contributed by atoms with Crippen molar-refractivity contribution >= 4 is 34.9 Å². The first-order valence-corrected chi connectivity index (χ1v) is 11.1. The molecule has 2 aromatic carbocycles. The Labute approximate surface area is 189 Å². The summed E-state index contributed by atoms with van der Waals surface area (Å²) in [6, 6.07) is 20.3. The fraction of sp³-hybridized carbons (Fsp3) is 0.174. The highest BCUT2D eigenvalue weighted by Gasteiger charge is 2.11. The quantitative estimate of drug-likeness (QED) is 0.403. The highest BCUT2D eigenvalue weighted by atomic mass is 32.2. The van der Waals surface area contributed by atoms with Gasteiger partial charge in [0.05, 0.1) is 5.75 Å². The number of aryl methyl sites for hydroxylation is 1. The number of carbonyl (C=O) groups is 2. The van der Waals surface area contributed by atoms with E-state index in [0.29, 0.717) is 35.0 Å². The second-order valence-corrected chi connectivity index (χ2v) is 8.13. The molecule has 0 saturated heterocycles. The van der Waals surface area contributed by atoms with Crippen LogP contribution in [0.25, 0.3) is 5.65 Å². The SMILES string of the molecule is Cc1ccc(NC(=O)CSc2ccc3nnc(CCNC(=O)c4ccccc4)n3n2)cc1. The van der Waals surface area contributed by atoms with Crippen LogP contribution in [-0.2, 0) is 11.2 Å². The van der Waals surface area contributed by atoms with Crippen molar-refractivity contribution in [2.75, 3.05) is 17.6 Å². The first kappa shape index (κ1) is 21.5. The molecule has 0 radical (unpaired) electrons. The van der Waals surface area contributed by atoms with E-state index < -0.39 is 0 Å². The summed E-state index contributed by atoms with van der Waals surface area (Å²) in [6.45, 7) is 2.41. The molecule has 0 atom stereocenters. The minimum absolute atomic E-state index is 0.103. The molecule has 0 saturated carbocycles. The number of carbonyl (C=O) groups excluding carboxylic acids is 2. The Morgan fingerprint density at radius 1 is 0.969 bits per heavy atom. The maximum atomic E-state index is 12.2. The number of thioether (sulfide) groups is 1. The van der Waals surface area contributed by atoms with E-state index in [9.17, 15) is 9.59 Å². The molecule has 32 heavy (non-hydrogen) atoms. The minimum Gasteiger partial charge on any atom is -0.352 e. The van der Waals surface area contributed by atoms with Crippen molar-refractivity contribution in [3.63, 3.8) is 0 Å². The van der Waals surface area contributed by atoms with Crippen molar-refractivity contribution in [1.82, 2.24) is 25.1 Å². The van der Waals surface area contributed by atoms with Crippen LogP contribution >= 0.6 is 11.8 Å². The average molecular weight is 447 g/mol. The third-order valence-electron chi connectivity index (χ3n) is 4.66. The molecule has 2 heterocycles. The van der Waals surface area contributed by atoms with E-state index in [0.717, 1.165) is 11.3 Å². The maximum Gasteiger partial charge on any atom is 0.251 e. The van der Waals surface area contributed by atoms with Crippen molar-refractivity contribution in [1.29, 1.82) is 0 Å². The Kier molecular flexibility index (Phi) is 6.76. The second-order valence-electron chi connectivity index (χ2n) is 7.13. The van der Waals surface area contributed by atoms with Gasteiger partial charge in [0.15, 0.2) is 11.5 Å². The van der Waals surface area contributed by atoms with Crippen LogP contribution in [0.1, 0.15) is 21.7 Å². The monoisotopic (exact) mass is 446 g/mol. The van der Waals surface area contributed by atoms with Crippen LogP contribution in [0, 0.1) is 6.92 Å². The summed E-state index contributed by atoms with van der Waals surface area (Å²) in [5.74, 6) is 0.633. The smallest absolute Gasteiger partial charge is 0.251 e. The number of hydrogen-bond acceptors (Lipinski definition) is 6. The van der Waals surface area contributed by atoms with Gasteiger partial charge in [-0.25, -0.2) is 0 Å². The van der Waals surface area contributed by atoms with Crippen LogP contribution in [0.3, 0.4) is 0 Å². The molecule has 8 nitrogen and oxygen atoms in total. The summed E-state index contributed by atoms with van der Waals surface area (Å²) in [6.07, 6.45) is 0.481. The average Bonchev–Trinajstić information content (AvgIpc) is 3.22. The Morgan fingerprint density at radius 2 is 1.75 bits per heavy atom. The normalized spacial score (nSPS) is 10.8. The summed E-state index contributed by atoms with van der Waals surface area (Å²) >= 11 is 1.33. The Hall–Kier alpha value is -3.72. The second kappa shape index (κ2) is 10.1. The zero-order chi connectivity index (χ0) is 22.3. The highest BCUT2D eigenvalue weighted by Crippen LogP contribution is 2.17. The largest absolute Gasteiger partial charge is 0.352 e. The summed E-state index contributed by atoms with van der Waals surface area (Å²) in [5, 5.41) is 19.3. The molecule has 0 aliphatic rings. The lowest BCUT2D eigenvalue weighted by atomic mass is 10.2. The number of fused-ring (bicyclic) bond motifs is 1. The van der Waals surface area contributed by atoms with E-state index in [1.165, 1.54) is 11.8 Å². The van der Waals surface area contributed by atoms with E-state index >= 15 is 0 Å². The summed E-state index contributed by atoms with van der Waals surface area (Å²) in [5.41, 5.74) is 3.13. The molecule has 0 aliphatic heterocycles. The van der Waals surface area contributed by atoms with E-state index in [1.54, 1.807) is 16.6 Å². The highest BCUT2D eigenvalue weighted by molar-refractivity contribution is 7.99. The van der Waals surface area contributed by atoms with Crippen LogP contribution in [0.5, 0.6) is 0 Å². The predicted molar refractivity (Wildman–Crippen MR) is 124 cm³/mol. The van der Waals surface area contributed by atoms with E-state index in [4.69, 9.17) is 0 Å². The van der Waals surface area contributed by atoms with Crippen LogP contribution in [0.4, 0.5) is 5.69 Å². The summed E-state index contributed by atoms with van der Waals surface area (Å²) < 4.78 is 1.65. The molecule has 0 fully saturated rings. The Morgan fingerprint density at radius 3 is 2.53 bits per heavy atom. The fourth-order valence-corrected chi connectivity index (χ4v) is 3.66. The number of rotatable bonds is 8. The molecule has 4 rings (SSSR count). The van der Waals surface area contributed by atoms with Gasteiger partial charge in [-0.1, -0.05) is 47.7 Å². The van der Waals surface area contributed by atoms with Gasteiger partial charge >= 0.3 is 0 Å². The Bertz CT molecular complexity index is 1220. The van der Waals surface area contributed by atoms with Gasteiger partial charge in [0, 0.05) is 24.2 Å². The molecular weight excluding hydrogens is 424 g/mol. The molecule has 0 aliphatic carbocycles. The number of nitrogens with one attached hydrogen (secondary N) is 2.